The highest BCUT2D eigenvalue weighted by molar-refractivity contribution is 7.18. The van der Waals surface area contributed by atoms with Gasteiger partial charge in [-0.3, -0.25) is 4.79 Å². The second-order valence-electron chi connectivity index (χ2n) is 4.94. The number of aromatic nitrogens is 1. The predicted octanol–water partition coefficient (Wildman–Crippen LogP) is 3.87. The van der Waals surface area contributed by atoms with Gasteiger partial charge in [0.2, 0.25) is 0 Å². The summed E-state index contributed by atoms with van der Waals surface area (Å²) in [6.07, 6.45) is 0. The molecular formula is C17H16N2O3S. The highest BCUT2D eigenvalue weighted by atomic mass is 32.1. The van der Waals surface area contributed by atoms with Crippen molar-refractivity contribution in [3.05, 3.63) is 47.0 Å². The van der Waals surface area contributed by atoms with Gasteiger partial charge < -0.3 is 14.8 Å². The molecule has 5 nitrogen and oxygen atoms in total. The number of carbonyl (C=O) groups excluding carboxylic acids is 1. The van der Waals surface area contributed by atoms with Crippen LogP contribution in [0.25, 0.3) is 10.2 Å². The average Bonchev–Trinajstić information content (AvgIpc) is 2.93. The highest BCUT2D eigenvalue weighted by Gasteiger charge is 2.14. The van der Waals surface area contributed by atoms with Crippen LogP contribution in [0.15, 0.2) is 36.4 Å². The predicted molar refractivity (Wildman–Crippen MR) is 91.9 cm³/mol. The van der Waals surface area contributed by atoms with Crippen LogP contribution < -0.4 is 14.8 Å². The molecule has 0 bridgehead atoms. The van der Waals surface area contributed by atoms with Gasteiger partial charge in [0.05, 0.1) is 35.0 Å². The minimum atomic E-state index is -0.257. The van der Waals surface area contributed by atoms with Gasteiger partial charge in [0.1, 0.15) is 11.5 Å². The Bertz CT molecular complexity index is 873. The van der Waals surface area contributed by atoms with E-state index >= 15 is 0 Å². The Morgan fingerprint density at radius 2 is 1.96 bits per heavy atom. The normalized spacial score (nSPS) is 10.6. The van der Waals surface area contributed by atoms with Crippen LogP contribution in [0.5, 0.6) is 11.5 Å². The molecule has 0 radical (unpaired) electrons. The number of thiazole rings is 1. The summed E-state index contributed by atoms with van der Waals surface area (Å²) in [5, 5.41) is 3.87. The fourth-order valence-electron chi connectivity index (χ4n) is 2.31. The molecule has 0 fully saturated rings. The Morgan fingerprint density at radius 3 is 2.70 bits per heavy atom. The second kappa shape index (κ2) is 6.26. The Balaban J connectivity index is 1.90. The Morgan fingerprint density at radius 1 is 1.13 bits per heavy atom. The van der Waals surface area contributed by atoms with Gasteiger partial charge in [-0.05, 0) is 43.3 Å². The molecule has 0 spiro atoms. The number of amides is 1. The van der Waals surface area contributed by atoms with E-state index in [9.17, 15) is 4.79 Å². The van der Waals surface area contributed by atoms with E-state index < -0.39 is 0 Å². The van der Waals surface area contributed by atoms with E-state index in [2.05, 4.69) is 10.3 Å². The summed E-state index contributed by atoms with van der Waals surface area (Å²) < 4.78 is 11.5. The number of benzene rings is 2. The standard InChI is InChI=1S/C17H16N2O3S/c1-10-18-14-8-11(4-7-16(14)23-10)19-17(20)13-9-12(21-2)5-6-15(13)22-3/h4-9H,1-3H3,(H,19,20). The van der Waals surface area contributed by atoms with Gasteiger partial charge in [-0.15, -0.1) is 11.3 Å². The number of nitrogens with one attached hydrogen (secondary N) is 1. The minimum absolute atomic E-state index is 0.257. The van der Waals surface area contributed by atoms with Crippen LogP contribution in [0.3, 0.4) is 0 Å². The van der Waals surface area contributed by atoms with Gasteiger partial charge in [-0.25, -0.2) is 4.98 Å². The minimum Gasteiger partial charge on any atom is -0.497 e. The van der Waals surface area contributed by atoms with Crippen molar-refractivity contribution < 1.29 is 14.3 Å². The number of rotatable bonds is 4. The molecule has 6 heteroatoms. The maximum absolute atomic E-state index is 12.5. The van der Waals surface area contributed by atoms with Crippen molar-refractivity contribution in [2.24, 2.45) is 0 Å². The second-order valence-corrected chi connectivity index (χ2v) is 6.17. The zero-order valence-electron chi connectivity index (χ0n) is 13.0. The summed E-state index contributed by atoms with van der Waals surface area (Å²) in [4.78, 5) is 17.0. The third-order valence-electron chi connectivity index (χ3n) is 3.40. The summed E-state index contributed by atoms with van der Waals surface area (Å²) in [6, 6.07) is 10.8. The molecule has 0 unspecified atom stereocenters. The molecular weight excluding hydrogens is 312 g/mol. The number of aryl methyl sites for hydroxylation is 1. The molecule has 0 saturated carbocycles. The SMILES string of the molecule is COc1ccc(OC)c(C(=O)Nc2ccc3sc(C)nc3c2)c1. The quantitative estimate of drug-likeness (QED) is 0.790. The number of methoxy groups -OCH3 is 2. The summed E-state index contributed by atoms with van der Waals surface area (Å²) in [6.45, 7) is 1.96. The van der Waals surface area contributed by atoms with E-state index in [1.54, 1.807) is 36.6 Å². The van der Waals surface area contributed by atoms with E-state index in [0.717, 1.165) is 15.2 Å². The van der Waals surface area contributed by atoms with Crippen molar-refractivity contribution in [2.75, 3.05) is 19.5 Å². The molecule has 2 aromatic carbocycles. The van der Waals surface area contributed by atoms with E-state index in [1.165, 1.54) is 7.11 Å². The number of anilines is 1. The van der Waals surface area contributed by atoms with Crippen LogP contribution in [0, 0.1) is 6.92 Å². The van der Waals surface area contributed by atoms with E-state index in [0.29, 0.717) is 22.7 Å². The maximum Gasteiger partial charge on any atom is 0.259 e. The number of fused-ring (bicyclic) bond motifs is 1. The first-order chi connectivity index (χ1) is 11.1. The third-order valence-corrected chi connectivity index (χ3v) is 4.36. The van der Waals surface area contributed by atoms with Crippen LogP contribution in [-0.2, 0) is 0 Å². The first kappa shape index (κ1) is 15.3. The highest BCUT2D eigenvalue weighted by Crippen LogP contribution is 2.27. The molecule has 118 valence electrons. The monoisotopic (exact) mass is 328 g/mol. The van der Waals surface area contributed by atoms with Gasteiger partial charge in [0.15, 0.2) is 0 Å². The van der Waals surface area contributed by atoms with Crippen LogP contribution in [0.4, 0.5) is 5.69 Å². The molecule has 0 atom stereocenters. The van der Waals surface area contributed by atoms with Gasteiger partial charge >= 0.3 is 0 Å². The molecule has 1 heterocycles. The van der Waals surface area contributed by atoms with Crippen molar-refractivity contribution in [3.8, 4) is 11.5 Å². The summed E-state index contributed by atoms with van der Waals surface area (Å²) in [5.74, 6) is 0.836. The Kier molecular flexibility index (Phi) is 4.16. The number of ether oxygens (including phenoxy) is 2. The van der Waals surface area contributed by atoms with Crippen molar-refractivity contribution in [1.82, 2.24) is 4.98 Å². The maximum atomic E-state index is 12.5. The smallest absolute Gasteiger partial charge is 0.259 e. The summed E-state index contributed by atoms with van der Waals surface area (Å²) in [5.41, 5.74) is 1.99. The van der Waals surface area contributed by atoms with Crippen molar-refractivity contribution >= 4 is 33.1 Å². The number of hydrogen-bond donors (Lipinski definition) is 1. The first-order valence-electron chi connectivity index (χ1n) is 7.01. The molecule has 3 aromatic rings. The fourth-order valence-corrected chi connectivity index (χ4v) is 3.12. The molecule has 0 aliphatic heterocycles. The Labute approximate surface area is 137 Å². The molecule has 1 amide bonds. The summed E-state index contributed by atoms with van der Waals surface area (Å²) >= 11 is 1.63. The third kappa shape index (κ3) is 3.12. The molecule has 3 rings (SSSR count). The van der Waals surface area contributed by atoms with E-state index in [1.807, 2.05) is 25.1 Å². The number of nitrogens with zero attached hydrogens (tertiary/aromatic N) is 1. The number of hydrogen-bond acceptors (Lipinski definition) is 5. The van der Waals surface area contributed by atoms with Crippen LogP contribution >= 0.6 is 11.3 Å². The van der Waals surface area contributed by atoms with Crippen molar-refractivity contribution in [1.29, 1.82) is 0 Å². The lowest BCUT2D eigenvalue weighted by Crippen LogP contribution is -2.13. The molecule has 1 aromatic heterocycles. The lowest BCUT2D eigenvalue weighted by atomic mass is 10.1. The van der Waals surface area contributed by atoms with E-state index in [-0.39, 0.29) is 5.91 Å². The average molecular weight is 328 g/mol. The van der Waals surface area contributed by atoms with Gasteiger partial charge in [-0.1, -0.05) is 0 Å². The fraction of sp³-hybridized carbons (Fsp3) is 0.176. The van der Waals surface area contributed by atoms with Crippen molar-refractivity contribution in [3.63, 3.8) is 0 Å². The molecule has 0 aliphatic carbocycles. The zero-order chi connectivity index (χ0) is 16.4. The molecule has 23 heavy (non-hydrogen) atoms. The lowest BCUT2D eigenvalue weighted by molar-refractivity contribution is 0.102. The van der Waals surface area contributed by atoms with Gasteiger partial charge in [-0.2, -0.15) is 0 Å². The van der Waals surface area contributed by atoms with Crippen LogP contribution in [-0.4, -0.2) is 25.1 Å². The van der Waals surface area contributed by atoms with Gasteiger partial charge in [0, 0.05) is 5.69 Å². The molecule has 0 aliphatic rings. The first-order valence-corrected chi connectivity index (χ1v) is 7.83. The van der Waals surface area contributed by atoms with E-state index in [4.69, 9.17) is 9.47 Å². The van der Waals surface area contributed by atoms with Gasteiger partial charge in [0.25, 0.3) is 5.91 Å². The van der Waals surface area contributed by atoms with Crippen molar-refractivity contribution in [2.45, 2.75) is 6.92 Å². The zero-order valence-corrected chi connectivity index (χ0v) is 13.9. The van der Waals surface area contributed by atoms with Crippen LogP contribution in [0.2, 0.25) is 0 Å². The van der Waals surface area contributed by atoms with Crippen LogP contribution in [0.1, 0.15) is 15.4 Å². The molecule has 1 N–H and O–H groups in total. The molecule has 0 saturated heterocycles. The largest absolute Gasteiger partial charge is 0.497 e. The number of carbonyl (C=O) groups is 1. The summed E-state index contributed by atoms with van der Waals surface area (Å²) in [7, 11) is 3.09. The Hall–Kier alpha value is -2.60. The lowest BCUT2D eigenvalue weighted by Gasteiger charge is -2.11. The topological polar surface area (TPSA) is 60.5 Å².